The molecule has 0 radical (unpaired) electrons. The van der Waals surface area contributed by atoms with Crippen LogP contribution in [-0.4, -0.2) is 43.1 Å². The molecule has 0 saturated carbocycles. The number of methoxy groups -OCH3 is 1. The molecule has 0 aliphatic carbocycles. The van der Waals surface area contributed by atoms with Crippen LogP contribution in [0.4, 0.5) is 0 Å². The third-order valence-corrected chi connectivity index (χ3v) is 3.44. The van der Waals surface area contributed by atoms with Crippen molar-refractivity contribution < 1.29 is 4.74 Å². The highest BCUT2D eigenvalue weighted by atomic mass is 79.9. The quantitative estimate of drug-likeness (QED) is 0.709. The molecule has 0 N–H and O–H groups in total. The second-order valence-corrected chi connectivity index (χ2v) is 4.68. The molecule has 1 saturated heterocycles. The van der Waals surface area contributed by atoms with Crippen molar-refractivity contribution in [1.29, 1.82) is 0 Å². The Morgan fingerprint density at radius 1 is 1.54 bits per heavy atom. The lowest BCUT2D eigenvalue weighted by atomic mass is 9.96. The molecule has 2 unspecified atom stereocenters. The number of hydrogen-bond donors (Lipinski definition) is 0. The molecule has 3 heteroatoms. The van der Waals surface area contributed by atoms with Gasteiger partial charge in [-0.15, -0.1) is 0 Å². The van der Waals surface area contributed by atoms with Gasteiger partial charge in [-0.25, -0.2) is 0 Å². The van der Waals surface area contributed by atoms with E-state index >= 15 is 0 Å². The molecule has 1 aliphatic rings. The molecule has 2 atom stereocenters. The van der Waals surface area contributed by atoms with Crippen molar-refractivity contribution in [2.24, 2.45) is 5.92 Å². The maximum atomic E-state index is 5.46. The predicted octanol–water partition coefficient (Wildman–Crippen LogP) is 2.13. The molecular formula is C10H20BrNO. The van der Waals surface area contributed by atoms with Gasteiger partial charge in [-0.3, -0.25) is 0 Å². The molecule has 1 aliphatic heterocycles. The van der Waals surface area contributed by atoms with E-state index in [1.54, 1.807) is 0 Å². The summed E-state index contributed by atoms with van der Waals surface area (Å²) < 4.78 is 5.46. The van der Waals surface area contributed by atoms with E-state index < -0.39 is 0 Å². The van der Waals surface area contributed by atoms with Gasteiger partial charge in [-0.1, -0.05) is 22.9 Å². The first kappa shape index (κ1) is 11.5. The summed E-state index contributed by atoms with van der Waals surface area (Å²) in [5.74, 6) is 0.727. The topological polar surface area (TPSA) is 12.5 Å². The molecule has 2 nitrogen and oxygen atoms in total. The standard InChI is InChI=1S/C10H20BrNO/c1-9-4-7-12(6-3-5-11)8-10(9)13-2/h9-10H,3-8H2,1-2H3. The van der Waals surface area contributed by atoms with Crippen molar-refractivity contribution in [2.45, 2.75) is 25.9 Å². The van der Waals surface area contributed by atoms with Gasteiger partial charge in [0.05, 0.1) is 6.10 Å². The lowest BCUT2D eigenvalue weighted by molar-refractivity contribution is -0.00465. The highest BCUT2D eigenvalue weighted by molar-refractivity contribution is 9.09. The Labute approximate surface area is 89.8 Å². The van der Waals surface area contributed by atoms with Crippen molar-refractivity contribution in [2.75, 3.05) is 32.1 Å². The normalized spacial score (nSPS) is 30.7. The van der Waals surface area contributed by atoms with E-state index in [1.165, 1.54) is 25.9 Å². The number of alkyl halides is 1. The van der Waals surface area contributed by atoms with Crippen molar-refractivity contribution >= 4 is 15.9 Å². The smallest absolute Gasteiger partial charge is 0.0724 e. The summed E-state index contributed by atoms with van der Waals surface area (Å²) in [7, 11) is 1.83. The van der Waals surface area contributed by atoms with E-state index in [0.29, 0.717) is 6.10 Å². The number of piperidine rings is 1. The Hall–Kier alpha value is 0.400. The molecule has 0 amide bonds. The van der Waals surface area contributed by atoms with Crippen molar-refractivity contribution in [3.63, 3.8) is 0 Å². The van der Waals surface area contributed by atoms with Crippen LogP contribution in [0.3, 0.4) is 0 Å². The number of likely N-dealkylation sites (tertiary alicyclic amines) is 1. The summed E-state index contributed by atoms with van der Waals surface area (Å²) >= 11 is 3.46. The number of rotatable bonds is 4. The summed E-state index contributed by atoms with van der Waals surface area (Å²) in [4.78, 5) is 2.51. The Balaban J connectivity index is 2.27. The minimum Gasteiger partial charge on any atom is -0.380 e. The maximum absolute atomic E-state index is 5.46. The van der Waals surface area contributed by atoms with Gasteiger partial charge in [0.2, 0.25) is 0 Å². The predicted molar refractivity (Wildman–Crippen MR) is 59.4 cm³/mol. The number of nitrogens with zero attached hydrogens (tertiary/aromatic N) is 1. The number of hydrogen-bond acceptors (Lipinski definition) is 2. The summed E-state index contributed by atoms with van der Waals surface area (Å²) in [6.07, 6.45) is 2.97. The molecule has 0 aromatic carbocycles. The van der Waals surface area contributed by atoms with Crippen LogP contribution in [-0.2, 0) is 4.74 Å². The Kier molecular flexibility index (Phi) is 5.29. The van der Waals surface area contributed by atoms with Crippen LogP contribution < -0.4 is 0 Å². The van der Waals surface area contributed by atoms with Crippen LogP contribution in [0.15, 0.2) is 0 Å². The average Bonchev–Trinajstić information content (AvgIpc) is 2.16. The van der Waals surface area contributed by atoms with Crippen LogP contribution in [0.25, 0.3) is 0 Å². The number of halogens is 1. The largest absolute Gasteiger partial charge is 0.380 e. The highest BCUT2D eigenvalue weighted by Crippen LogP contribution is 2.19. The fourth-order valence-electron chi connectivity index (χ4n) is 1.89. The summed E-state index contributed by atoms with van der Waals surface area (Å²) in [6.45, 7) is 5.85. The summed E-state index contributed by atoms with van der Waals surface area (Å²) in [6, 6.07) is 0. The summed E-state index contributed by atoms with van der Waals surface area (Å²) in [5, 5.41) is 1.11. The van der Waals surface area contributed by atoms with E-state index in [2.05, 4.69) is 27.8 Å². The first-order valence-corrected chi connectivity index (χ1v) is 6.21. The van der Waals surface area contributed by atoms with Crippen LogP contribution in [0, 0.1) is 5.92 Å². The molecule has 0 bridgehead atoms. The average molecular weight is 250 g/mol. The SMILES string of the molecule is COC1CN(CCCBr)CCC1C. The lowest BCUT2D eigenvalue weighted by Crippen LogP contribution is -2.44. The van der Waals surface area contributed by atoms with E-state index in [0.717, 1.165) is 17.8 Å². The Bertz CT molecular complexity index is 141. The van der Waals surface area contributed by atoms with E-state index in [-0.39, 0.29) is 0 Å². The van der Waals surface area contributed by atoms with E-state index in [1.807, 2.05) is 7.11 Å². The van der Waals surface area contributed by atoms with Gasteiger partial charge in [-0.2, -0.15) is 0 Å². The van der Waals surface area contributed by atoms with Gasteiger partial charge in [0.15, 0.2) is 0 Å². The van der Waals surface area contributed by atoms with Gasteiger partial charge in [-0.05, 0) is 31.8 Å². The molecule has 0 spiro atoms. The van der Waals surface area contributed by atoms with Crippen LogP contribution >= 0.6 is 15.9 Å². The molecule has 1 heterocycles. The van der Waals surface area contributed by atoms with Crippen molar-refractivity contribution in [1.82, 2.24) is 4.90 Å². The highest BCUT2D eigenvalue weighted by Gasteiger charge is 2.25. The maximum Gasteiger partial charge on any atom is 0.0724 e. The van der Waals surface area contributed by atoms with Gasteiger partial charge >= 0.3 is 0 Å². The molecular weight excluding hydrogens is 230 g/mol. The fourth-order valence-corrected chi connectivity index (χ4v) is 2.14. The third kappa shape index (κ3) is 3.56. The molecule has 1 fully saturated rings. The van der Waals surface area contributed by atoms with Crippen LogP contribution in [0.5, 0.6) is 0 Å². The zero-order valence-corrected chi connectivity index (χ0v) is 10.2. The summed E-state index contributed by atoms with van der Waals surface area (Å²) in [5.41, 5.74) is 0. The van der Waals surface area contributed by atoms with E-state index in [4.69, 9.17) is 4.74 Å². The minimum absolute atomic E-state index is 0.448. The van der Waals surface area contributed by atoms with Crippen molar-refractivity contribution in [3.8, 4) is 0 Å². The van der Waals surface area contributed by atoms with Crippen molar-refractivity contribution in [3.05, 3.63) is 0 Å². The van der Waals surface area contributed by atoms with Gasteiger partial charge in [0.1, 0.15) is 0 Å². The van der Waals surface area contributed by atoms with E-state index in [9.17, 15) is 0 Å². The monoisotopic (exact) mass is 249 g/mol. The first-order chi connectivity index (χ1) is 6.27. The Morgan fingerprint density at radius 2 is 2.31 bits per heavy atom. The second-order valence-electron chi connectivity index (χ2n) is 3.88. The molecule has 0 aromatic heterocycles. The molecule has 0 aromatic rings. The second kappa shape index (κ2) is 5.99. The molecule has 78 valence electrons. The fraction of sp³-hybridized carbons (Fsp3) is 1.00. The van der Waals surface area contributed by atoms with Crippen LogP contribution in [0.1, 0.15) is 19.8 Å². The zero-order chi connectivity index (χ0) is 9.68. The third-order valence-electron chi connectivity index (χ3n) is 2.88. The minimum atomic E-state index is 0.448. The van der Waals surface area contributed by atoms with Gasteiger partial charge in [0, 0.05) is 19.0 Å². The molecule has 13 heavy (non-hydrogen) atoms. The Morgan fingerprint density at radius 3 is 2.92 bits per heavy atom. The van der Waals surface area contributed by atoms with Gasteiger partial charge < -0.3 is 9.64 Å². The first-order valence-electron chi connectivity index (χ1n) is 5.09. The van der Waals surface area contributed by atoms with Crippen LogP contribution in [0.2, 0.25) is 0 Å². The number of ether oxygens (including phenoxy) is 1. The van der Waals surface area contributed by atoms with Gasteiger partial charge in [0.25, 0.3) is 0 Å². The molecule has 1 rings (SSSR count). The lowest BCUT2D eigenvalue weighted by Gasteiger charge is -2.36. The zero-order valence-electron chi connectivity index (χ0n) is 8.63.